The number of nitrogens with zero attached hydrogens (tertiary/aromatic N) is 3. The summed E-state index contributed by atoms with van der Waals surface area (Å²) >= 11 is 1.50. The summed E-state index contributed by atoms with van der Waals surface area (Å²) in [6.07, 6.45) is 1.84. The van der Waals surface area contributed by atoms with E-state index in [1.165, 1.54) is 16.2 Å². The second-order valence-electron chi connectivity index (χ2n) is 8.02. The van der Waals surface area contributed by atoms with Gasteiger partial charge in [0.25, 0.3) is 5.91 Å². The summed E-state index contributed by atoms with van der Waals surface area (Å²) in [5.74, 6) is 0.277. The first-order valence-corrected chi connectivity index (χ1v) is 11.5. The number of fused-ring (bicyclic) bond motifs is 1. The van der Waals surface area contributed by atoms with Gasteiger partial charge in [-0.05, 0) is 49.6 Å². The number of hydrogen-bond acceptors (Lipinski definition) is 7. The van der Waals surface area contributed by atoms with E-state index in [9.17, 15) is 9.59 Å². The molecule has 1 aliphatic heterocycles. The second kappa shape index (κ2) is 9.48. The Hall–Kier alpha value is -3.26. The molecule has 0 bridgehead atoms. The number of thiazole rings is 1. The molecule has 0 N–H and O–H groups in total. The van der Waals surface area contributed by atoms with Gasteiger partial charge in [0.2, 0.25) is 0 Å². The number of anilines is 1. The van der Waals surface area contributed by atoms with Gasteiger partial charge in [-0.1, -0.05) is 19.9 Å². The molecule has 8 heteroatoms. The molecule has 2 aromatic heterocycles. The van der Waals surface area contributed by atoms with Gasteiger partial charge in [0.15, 0.2) is 6.10 Å². The molecule has 0 spiro atoms. The number of aromatic nitrogens is 2. The number of hydrogen-bond donors (Lipinski definition) is 0. The van der Waals surface area contributed by atoms with Crippen LogP contribution in [0.25, 0.3) is 22.0 Å². The summed E-state index contributed by atoms with van der Waals surface area (Å²) in [4.78, 5) is 35.7. The highest BCUT2D eigenvalue weighted by Crippen LogP contribution is 2.38. The Labute approximate surface area is 191 Å². The number of rotatable bonds is 7. The zero-order valence-electron chi connectivity index (χ0n) is 18.3. The molecule has 32 heavy (non-hydrogen) atoms. The highest BCUT2D eigenvalue weighted by Gasteiger charge is 2.33. The maximum atomic E-state index is 12.8. The van der Waals surface area contributed by atoms with Crippen molar-refractivity contribution in [2.45, 2.75) is 33.3 Å². The predicted octanol–water partition coefficient (Wildman–Crippen LogP) is 4.58. The lowest BCUT2D eigenvalue weighted by Gasteiger charge is -2.32. The molecule has 1 aliphatic rings. The standard InChI is InChI=1S/C24H25N3O4S/c1-15(2)9-11-30-22(28)13-27-20-12-17(7-8-21(20)31-16(3)24(27)29)19-14-32-23(26-19)18-6-4-5-10-25-18/h4-8,10,12,14-16H,9,11,13H2,1-3H3. The minimum atomic E-state index is -0.674. The maximum absolute atomic E-state index is 12.8. The van der Waals surface area contributed by atoms with Crippen LogP contribution in [0.15, 0.2) is 48.0 Å². The van der Waals surface area contributed by atoms with Crippen LogP contribution in [0.5, 0.6) is 5.75 Å². The number of carbonyl (C=O) groups is 2. The number of carbonyl (C=O) groups excluding carboxylic acids is 2. The molecule has 7 nitrogen and oxygen atoms in total. The summed E-state index contributed by atoms with van der Waals surface area (Å²) in [7, 11) is 0. The fourth-order valence-corrected chi connectivity index (χ4v) is 4.13. The van der Waals surface area contributed by atoms with Gasteiger partial charge < -0.3 is 9.47 Å². The van der Waals surface area contributed by atoms with Crippen LogP contribution < -0.4 is 9.64 Å². The van der Waals surface area contributed by atoms with E-state index in [1.807, 2.05) is 41.8 Å². The van der Waals surface area contributed by atoms with Crippen LogP contribution in [0.2, 0.25) is 0 Å². The van der Waals surface area contributed by atoms with Crippen LogP contribution in [-0.2, 0) is 14.3 Å². The van der Waals surface area contributed by atoms with Crippen LogP contribution in [0, 0.1) is 5.92 Å². The van der Waals surface area contributed by atoms with Crippen molar-refractivity contribution in [1.29, 1.82) is 0 Å². The molecular weight excluding hydrogens is 426 g/mol. The Morgan fingerprint density at radius 1 is 1.25 bits per heavy atom. The third-order valence-corrected chi connectivity index (χ3v) is 5.96. The van der Waals surface area contributed by atoms with Crippen LogP contribution in [0.1, 0.15) is 27.2 Å². The molecule has 1 atom stereocenters. The zero-order valence-corrected chi connectivity index (χ0v) is 19.1. The minimum Gasteiger partial charge on any atom is -0.479 e. The Balaban J connectivity index is 1.59. The lowest BCUT2D eigenvalue weighted by atomic mass is 10.1. The third kappa shape index (κ3) is 4.80. The SMILES string of the molecule is CC(C)CCOC(=O)CN1C(=O)C(C)Oc2ccc(-c3csc(-c4ccccn4)n3)cc21. The molecule has 0 aliphatic carbocycles. The van der Waals surface area contributed by atoms with Crippen molar-refractivity contribution in [3.05, 3.63) is 48.0 Å². The number of ether oxygens (including phenoxy) is 2. The van der Waals surface area contributed by atoms with Gasteiger partial charge in [-0.15, -0.1) is 11.3 Å². The Kier molecular flexibility index (Phi) is 6.50. The second-order valence-corrected chi connectivity index (χ2v) is 8.88. The molecule has 166 valence electrons. The lowest BCUT2D eigenvalue weighted by molar-refractivity contribution is -0.143. The van der Waals surface area contributed by atoms with Crippen molar-refractivity contribution in [3.8, 4) is 27.7 Å². The average Bonchev–Trinajstić information content (AvgIpc) is 3.27. The summed E-state index contributed by atoms with van der Waals surface area (Å²) in [5.41, 5.74) is 2.94. The summed E-state index contributed by atoms with van der Waals surface area (Å²) in [5, 5.41) is 2.76. The summed E-state index contributed by atoms with van der Waals surface area (Å²) < 4.78 is 11.1. The number of amides is 1. The van der Waals surface area contributed by atoms with Gasteiger partial charge in [-0.25, -0.2) is 4.98 Å². The highest BCUT2D eigenvalue weighted by molar-refractivity contribution is 7.13. The van der Waals surface area contributed by atoms with E-state index >= 15 is 0 Å². The average molecular weight is 452 g/mol. The van der Waals surface area contributed by atoms with E-state index in [0.29, 0.717) is 24.0 Å². The number of benzene rings is 1. The molecule has 0 radical (unpaired) electrons. The molecule has 4 rings (SSSR count). The van der Waals surface area contributed by atoms with Gasteiger partial charge in [-0.2, -0.15) is 0 Å². The highest BCUT2D eigenvalue weighted by atomic mass is 32.1. The van der Waals surface area contributed by atoms with Crippen LogP contribution in [0.4, 0.5) is 5.69 Å². The first-order chi connectivity index (χ1) is 15.4. The first-order valence-electron chi connectivity index (χ1n) is 10.6. The normalized spacial score (nSPS) is 15.4. The van der Waals surface area contributed by atoms with Crippen molar-refractivity contribution in [3.63, 3.8) is 0 Å². The van der Waals surface area contributed by atoms with Gasteiger partial charge in [0, 0.05) is 17.1 Å². The molecule has 3 heterocycles. The number of pyridine rings is 1. The van der Waals surface area contributed by atoms with Crippen molar-refractivity contribution in [2.24, 2.45) is 5.92 Å². The molecule has 1 amide bonds. The van der Waals surface area contributed by atoms with E-state index in [4.69, 9.17) is 14.5 Å². The maximum Gasteiger partial charge on any atom is 0.326 e. The van der Waals surface area contributed by atoms with E-state index in [2.05, 4.69) is 18.8 Å². The quantitative estimate of drug-likeness (QED) is 0.489. The van der Waals surface area contributed by atoms with Crippen molar-refractivity contribution in [2.75, 3.05) is 18.1 Å². The lowest BCUT2D eigenvalue weighted by Crippen LogP contribution is -2.47. The first kappa shape index (κ1) is 22.0. The van der Waals surface area contributed by atoms with E-state index in [-0.39, 0.29) is 12.5 Å². The molecular formula is C24H25N3O4S. The number of esters is 1. The Bertz CT molecular complexity index is 1110. The van der Waals surface area contributed by atoms with Gasteiger partial charge in [0.1, 0.15) is 17.3 Å². The van der Waals surface area contributed by atoms with Crippen molar-refractivity contribution >= 4 is 28.9 Å². The van der Waals surface area contributed by atoms with Crippen LogP contribution >= 0.6 is 11.3 Å². The van der Waals surface area contributed by atoms with Crippen molar-refractivity contribution in [1.82, 2.24) is 9.97 Å². The van der Waals surface area contributed by atoms with Crippen LogP contribution in [-0.4, -0.2) is 41.1 Å². The molecule has 3 aromatic rings. The monoisotopic (exact) mass is 451 g/mol. The Morgan fingerprint density at radius 3 is 2.84 bits per heavy atom. The topological polar surface area (TPSA) is 81.6 Å². The molecule has 1 aromatic carbocycles. The van der Waals surface area contributed by atoms with Crippen LogP contribution in [0.3, 0.4) is 0 Å². The fourth-order valence-electron chi connectivity index (χ4n) is 3.33. The predicted molar refractivity (Wildman–Crippen MR) is 124 cm³/mol. The summed E-state index contributed by atoms with van der Waals surface area (Å²) in [6.45, 7) is 5.99. The van der Waals surface area contributed by atoms with Gasteiger partial charge in [0.05, 0.1) is 23.7 Å². The summed E-state index contributed by atoms with van der Waals surface area (Å²) in [6, 6.07) is 11.2. The van der Waals surface area contributed by atoms with Crippen molar-refractivity contribution < 1.29 is 19.1 Å². The van der Waals surface area contributed by atoms with E-state index < -0.39 is 12.1 Å². The van der Waals surface area contributed by atoms with Gasteiger partial charge in [-0.3, -0.25) is 19.5 Å². The molecule has 0 saturated carbocycles. The molecule has 0 saturated heterocycles. The zero-order chi connectivity index (χ0) is 22.7. The minimum absolute atomic E-state index is 0.155. The molecule has 1 unspecified atom stereocenters. The largest absolute Gasteiger partial charge is 0.479 e. The molecule has 0 fully saturated rings. The third-order valence-electron chi connectivity index (χ3n) is 5.10. The fraction of sp³-hybridized carbons (Fsp3) is 0.333. The van der Waals surface area contributed by atoms with E-state index in [0.717, 1.165) is 28.4 Å². The van der Waals surface area contributed by atoms with Gasteiger partial charge >= 0.3 is 5.97 Å². The Morgan fingerprint density at radius 2 is 2.09 bits per heavy atom. The van der Waals surface area contributed by atoms with E-state index in [1.54, 1.807) is 13.1 Å². The smallest absolute Gasteiger partial charge is 0.326 e.